The average Bonchev–Trinajstić information content (AvgIpc) is 3.24. The van der Waals surface area contributed by atoms with Crippen molar-refractivity contribution in [1.29, 1.82) is 0 Å². The van der Waals surface area contributed by atoms with Crippen LogP contribution in [0.5, 0.6) is 0 Å². The molecule has 0 aliphatic carbocycles. The van der Waals surface area contributed by atoms with Crippen LogP contribution >= 0.6 is 0 Å². The van der Waals surface area contributed by atoms with E-state index in [-0.39, 0.29) is 11.8 Å². The zero-order valence-electron chi connectivity index (χ0n) is 19.3. The standard InChI is InChI=1S/C27H25N5O3/c1-16(18-8-10-21(11-9-18)31-17(2)33)27(35)32-22-13-24-20(14-29-26(24)30-15-22)12-23(25(28)34)19-6-4-3-5-7-19/h3-16H,1-2H3,(H2,28,34)(H,29,30)(H,31,33)(H,32,35)/b23-12+. The van der Waals surface area contributed by atoms with Crippen molar-refractivity contribution in [3.63, 3.8) is 0 Å². The predicted molar refractivity (Wildman–Crippen MR) is 137 cm³/mol. The molecule has 0 aliphatic rings. The van der Waals surface area contributed by atoms with Crippen LogP contribution in [0.4, 0.5) is 11.4 Å². The Morgan fingerprint density at radius 3 is 2.37 bits per heavy atom. The summed E-state index contributed by atoms with van der Waals surface area (Å²) in [5.41, 5.74) is 10.1. The van der Waals surface area contributed by atoms with Gasteiger partial charge in [0.2, 0.25) is 17.7 Å². The van der Waals surface area contributed by atoms with Crippen LogP contribution in [0, 0.1) is 0 Å². The molecule has 35 heavy (non-hydrogen) atoms. The first kappa shape index (κ1) is 23.4. The van der Waals surface area contributed by atoms with E-state index in [1.54, 1.807) is 55.7 Å². The fourth-order valence-electron chi connectivity index (χ4n) is 3.74. The zero-order chi connectivity index (χ0) is 24.9. The quantitative estimate of drug-likeness (QED) is 0.302. The molecule has 2 heterocycles. The Morgan fingerprint density at radius 2 is 1.71 bits per heavy atom. The third kappa shape index (κ3) is 5.44. The minimum atomic E-state index is -0.540. The highest BCUT2D eigenvalue weighted by molar-refractivity contribution is 6.24. The number of carbonyl (C=O) groups excluding carboxylic acids is 3. The molecule has 0 aliphatic heterocycles. The molecule has 176 valence electrons. The SMILES string of the molecule is CC(=O)Nc1ccc(C(C)C(=O)Nc2cnc3[nH]cc(/C=C(/C(N)=O)c4ccccc4)c3c2)cc1. The molecule has 0 fully saturated rings. The second kappa shape index (κ2) is 10.0. The Morgan fingerprint density at radius 1 is 1.00 bits per heavy atom. The number of aromatic nitrogens is 2. The van der Waals surface area contributed by atoms with Gasteiger partial charge in [-0.25, -0.2) is 4.98 Å². The molecule has 4 rings (SSSR count). The summed E-state index contributed by atoms with van der Waals surface area (Å²) in [4.78, 5) is 43.7. The van der Waals surface area contributed by atoms with Gasteiger partial charge in [0, 0.05) is 35.3 Å². The van der Waals surface area contributed by atoms with Gasteiger partial charge >= 0.3 is 0 Å². The minimum absolute atomic E-state index is 0.155. The van der Waals surface area contributed by atoms with Crippen molar-refractivity contribution < 1.29 is 14.4 Å². The number of amides is 3. The predicted octanol–water partition coefficient (Wildman–Crippen LogP) is 4.29. The number of anilines is 2. The topological polar surface area (TPSA) is 130 Å². The molecule has 2 aromatic heterocycles. The molecule has 4 aromatic rings. The van der Waals surface area contributed by atoms with Crippen LogP contribution in [0.25, 0.3) is 22.7 Å². The summed E-state index contributed by atoms with van der Waals surface area (Å²) in [6.07, 6.45) is 5.03. The third-order valence-corrected chi connectivity index (χ3v) is 5.61. The Balaban J connectivity index is 1.57. The third-order valence-electron chi connectivity index (χ3n) is 5.61. The van der Waals surface area contributed by atoms with Gasteiger partial charge in [-0.3, -0.25) is 14.4 Å². The molecule has 1 atom stereocenters. The number of hydrogen-bond acceptors (Lipinski definition) is 4. The first-order valence-electron chi connectivity index (χ1n) is 11.0. The molecule has 1 unspecified atom stereocenters. The number of rotatable bonds is 7. The maximum Gasteiger partial charge on any atom is 0.249 e. The van der Waals surface area contributed by atoms with E-state index in [1.807, 2.05) is 30.3 Å². The van der Waals surface area contributed by atoms with E-state index >= 15 is 0 Å². The summed E-state index contributed by atoms with van der Waals surface area (Å²) in [6.45, 7) is 3.25. The number of benzene rings is 2. The fraction of sp³-hybridized carbons (Fsp3) is 0.111. The van der Waals surface area contributed by atoms with Gasteiger partial charge < -0.3 is 21.4 Å². The van der Waals surface area contributed by atoms with E-state index in [0.29, 0.717) is 28.2 Å². The van der Waals surface area contributed by atoms with E-state index in [0.717, 1.165) is 16.5 Å². The van der Waals surface area contributed by atoms with Crippen molar-refractivity contribution in [3.05, 3.63) is 89.7 Å². The number of fused-ring (bicyclic) bond motifs is 1. The first-order valence-corrected chi connectivity index (χ1v) is 11.0. The van der Waals surface area contributed by atoms with Gasteiger partial charge in [0.1, 0.15) is 5.65 Å². The second-order valence-electron chi connectivity index (χ2n) is 8.17. The number of H-pyrrole nitrogens is 1. The number of nitrogens with zero attached hydrogens (tertiary/aromatic N) is 1. The Hall–Kier alpha value is -4.72. The lowest BCUT2D eigenvalue weighted by atomic mass is 10.00. The van der Waals surface area contributed by atoms with E-state index in [2.05, 4.69) is 20.6 Å². The summed E-state index contributed by atoms with van der Waals surface area (Å²) in [5, 5.41) is 6.35. The van der Waals surface area contributed by atoms with Crippen LogP contribution in [-0.2, 0) is 14.4 Å². The summed E-state index contributed by atoms with van der Waals surface area (Å²) in [6, 6.07) is 18.1. The van der Waals surface area contributed by atoms with Gasteiger partial charge in [-0.1, -0.05) is 42.5 Å². The minimum Gasteiger partial charge on any atom is -0.366 e. The molecule has 3 amide bonds. The average molecular weight is 468 g/mol. The van der Waals surface area contributed by atoms with Crippen molar-refractivity contribution in [2.24, 2.45) is 5.73 Å². The molecular weight excluding hydrogens is 442 g/mol. The van der Waals surface area contributed by atoms with E-state index < -0.39 is 11.8 Å². The number of carbonyl (C=O) groups is 3. The molecule has 8 heteroatoms. The lowest BCUT2D eigenvalue weighted by Gasteiger charge is -2.13. The van der Waals surface area contributed by atoms with Gasteiger partial charge in [-0.15, -0.1) is 0 Å². The smallest absolute Gasteiger partial charge is 0.249 e. The fourth-order valence-corrected chi connectivity index (χ4v) is 3.74. The summed E-state index contributed by atoms with van der Waals surface area (Å²) in [5.74, 6) is -1.33. The number of nitrogens with one attached hydrogen (secondary N) is 3. The molecule has 0 bridgehead atoms. The second-order valence-corrected chi connectivity index (χ2v) is 8.17. The van der Waals surface area contributed by atoms with Gasteiger partial charge in [-0.2, -0.15) is 0 Å². The van der Waals surface area contributed by atoms with Crippen LogP contribution < -0.4 is 16.4 Å². The van der Waals surface area contributed by atoms with Crippen LogP contribution in [-0.4, -0.2) is 27.7 Å². The van der Waals surface area contributed by atoms with Gasteiger partial charge in [0.25, 0.3) is 0 Å². The van der Waals surface area contributed by atoms with Crippen LogP contribution in [0.2, 0.25) is 0 Å². The molecule has 8 nitrogen and oxygen atoms in total. The van der Waals surface area contributed by atoms with Crippen molar-refractivity contribution >= 4 is 51.8 Å². The molecule has 5 N–H and O–H groups in total. The molecule has 0 radical (unpaired) electrons. The molecular formula is C27H25N5O3. The van der Waals surface area contributed by atoms with E-state index in [9.17, 15) is 14.4 Å². The van der Waals surface area contributed by atoms with Crippen molar-refractivity contribution in [2.45, 2.75) is 19.8 Å². The number of primary amides is 1. The van der Waals surface area contributed by atoms with Crippen LogP contribution in [0.3, 0.4) is 0 Å². The summed E-state index contributed by atoms with van der Waals surface area (Å²) >= 11 is 0. The number of aromatic amines is 1. The van der Waals surface area contributed by atoms with Gasteiger partial charge in [0.15, 0.2) is 0 Å². The highest BCUT2D eigenvalue weighted by Gasteiger charge is 2.17. The van der Waals surface area contributed by atoms with Crippen molar-refractivity contribution in [1.82, 2.24) is 9.97 Å². The Kier molecular flexibility index (Phi) is 6.73. The lowest BCUT2D eigenvalue weighted by molar-refractivity contribution is -0.117. The molecule has 0 saturated carbocycles. The molecule has 0 saturated heterocycles. The largest absolute Gasteiger partial charge is 0.366 e. The highest BCUT2D eigenvalue weighted by Crippen LogP contribution is 2.26. The lowest BCUT2D eigenvalue weighted by Crippen LogP contribution is -2.19. The summed E-state index contributed by atoms with van der Waals surface area (Å²) in [7, 11) is 0. The van der Waals surface area contributed by atoms with Crippen LogP contribution in [0.15, 0.2) is 73.1 Å². The monoisotopic (exact) mass is 467 g/mol. The van der Waals surface area contributed by atoms with E-state index in [4.69, 9.17) is 5.73 Å². The summed E-state index contributed by atoms with van der Waals surface area (Å²) < 4.78 is 0. The Bertz CT molecular complexity index is 1420. The highest BCUT2D eigenvalue weighted by atomic mass is 16.2. The number of nitrogens with two attached hydrogens (primary N) is 1. The van der Waals surface area contributed by atoms with Crippen molar-refractivity contribution in [3.8, 4) is 0 Å². The van der Waals surface area contributed by atoms with Gasteiger partial charge in [-0.05, 0) is 42.3 Å². The molecule has 0 spiro atoms. The van der Waals surface area contributed by atoms with Gasteiger partial charge in [0.05, 0.1) is 17.8 Å². The molecule has 2 aromatic carbocycles. The zero-order valence-corrected chi connectivity index (χ0v) is 19.3. The van der Waals surface area contributed by atoms with Crippen LogP contribution in [0.1, 0.15) is 36.5 Å². The normalized spacial score (nSPS) is 12.2. The maximum atomic E-state index is 12.9. The number of hydrogen-bond donors (Lipinski definition) is 4. The number of pyridine rings is 1. The maximum absolute atomic E-state index is 12.9. The van der Waals surface area contributed by atoms with E-state index in [1.165, 1.54) is 6.92 Å². The Labute approximate surface area is 202 Å². The first-order chi connectivity index (χ1) is 16.8. The van der Waals surface area contributed by atoms with Crippen molar-refractivity contribution in [2.75, 3.05) is 10.6 Å².